The summed E-state index contributed by atoms with van der Waals surface area (Å²) in [4.78, 5) is 37.4. The minimum Gasteiger partial charge on any atom is -0.463 e. The van der Waals surface area contributed by atoms with Crippen molar-refractivity contribution >= 4 is 29.6 Å². The lowest BCUT2D eigenvalue weighted by Crippen LogP contribution is -2.47. The van der Waals surface area contributed by atoms with Gasteiger partial charge < -0.3 is 20.1 Å². The molecule has 0 saturated carbocycles. The molecule has 1 saturated heterocycles. The van der Waals surface area contributed by atoms with Crippen LogP contribution in [0.4, 0.5) is 4.79 Å². The number of carbonyl (C=O) groups excluding carboxylic acids is 3. The Bertz CT molecular complexity index is 863. The summed E-state index contributed by atoms with van der Waals surface area (Å²) in [5.74, 6) is -0.955. The van der Waals surface area contributed by atoms with Crippen LogP contribution in [0.2, 0.25) is 5.02 Å². The summed E-state index contributed by atoms with van der Waals surface area (Å²) < 4.78 is 10.6. The first-order chi connectivity index (χ1) is 14.8. The van der Waals surface area contributed by atoms with Crippen LogP contribution in [0, 0.1) is 5.92 Å². The molecule has 3 rings (SSSR count). The van der Waals surface area contributed by atoms with Crippen molar-refractivity contribution in [2.24, 2.45) is 5.92 Å². The number of esters is 2. The topological polar surface area (TPSA) is 118 Å². The van der Waals surface area contributed by atoms with Crippen molar-refractivity contribution in [1.82, 2.24) is 21.5 Å². The number of urea groups is 1. The summed E-state index contributed by atoms with van der Waals surface area (Å²) in [7, 11) is 0. The highest BCUT2D eigenvalue weighted by Gasteiger charge is 2.35. The van der Waals surface area contributed by atoms with Gasteiger partial charge >= 0.3 is 18.0 Å². The van der Waals surface area contributed by atoms with Gasteiger partial charge in [-0.25, -0.2) is 9.59 Å². The Balaban J connectivity index is 1.81. The van der Waals surface area contributed by atoms with Crippen LogP contribution in [-0.2, 0) is 19.1 Å². The lowest BCUT2D eigenvalue weighted by atomic mass is 9.93. The van der Waals surface area contributed by atoms with E-state index in [1.165, 1.54) is 0 Å². The Kier molecular flexibility index (Phi) is 7.53. The smallest absolute Gasteiger partial charge is 0.338 e. The van der Waals surface area contributed by atoms with Gasteiger partial charge in [-0.3, -0.25) is 15.6 Å². The minimum absolute atomic E-state index is 0.0652. The highest BCUT2D eigenvalue weighted by atomic mass is 35.5. The molecule has 2 amide bonds. The van der Waals surface area contributed by atoms with Gasteiger partial charge in [0.1, 0.15) is 6.61 Å². The van der Waals surface area contributed by atoms with E-state index in [4.69, 9.17) is 21.1 Å². The van der Waals surface area contributed by atoms with Gasteiger partial charge in [-0.05, 0) is 38.5 Å². The number of nitrogens with one attached hydrogen (secondary N) is 4. The number of halogens is 1. The number of amides is 2. The standard InChI is InChI=1S/C21H27ClN4O5/c1-4-30-20(28)18-16(10-31-17(27)9-15-11(2)25-26-12(15)3)23-21(29)24-19(18)13-5-7-14(22)8-6-13/h5-8,11-12,15,19,25-26H,4,9-10H2,1-3H3,(H2,23,24,29). The molecule has 0 aromatic heterocycles. The molecular weight excluding hydrogens is 424 g/mol. The third-order valence-corrected chi connectivity index (χ3v) is 5.71. The van der Waals surface area contributed by atoms with Gasteiger partial charge in [0.05, 0.1) is 30.3 Å². The molecule has 2 aliphatic heterocycles. The summed E-state index contributed by atoms with van der Waals surface area (Å²) in [5, 5.41) is 5.83. The van der Waals surface area contributed by atoms with E-state index in [2.05, 4.69) is 21.5 Å². The van der Waals surface area contributed by atoms with Crippen LogP contribution < -0.4 is 21.5 Å². The number of rotatable bonds is 7. The molecule has 9 nitrogen and oxygen atoms in total. The second kappa shape index (κ2) is 10.1. The molecular formula is C21H27ClN4O5. The highest BCUT2D eigenvalue weighted by Crippen LogP contribution is 2.29. The van der Waals surface area contributed by atoms with Crippen LogP contribution in [0.1, 0.15) is 38.8 Å². The summed E-state index contributed by atoms with van der Waals surface area (Å²) in [5.41, 5.74) is 7.22. The molecule has 0 spiro atoms. The zero-order valence-electron chi connectivity index (χ0n) is 17.7. The van der Waals surface area contributed by atoms with E-state index in [0.717, 1.165) is 0 Å². The molecule has 168 valence electrons. The van der Waals surface area contributed by atoms with E-state index in [1.54, 1.807) is 31.2 Å². The maximum absolute atomic E-state index is 12.7. The van der Waals surface area contributed by atoms with Crippen LogP contribution in [0.15, 0.2) is 35.5 Å². The third kappa shape index (κ3) is 5.55. The Labute approximate surface area is 185 Å². The molecule has 2 aliphatic rings. The molecule has 4 N–H and O–H groups in total. The van der Waals surface area contributed by atoms with Crippen molar-refractivity contribution in [2.75, 3.05) is 13.2 Å². The number of carbonyl (C=O) groups is 3. The second-order valence-corrected chi connectivity index (χ2v) is 8.03. The molecule has 31 heavy (non-hydrogen) atoms. The zero-order chi connectivity index (χ0) is 22.5. The van der Waals surface area contributed by atoms with Gasteiger partial charge in [-0.1, -0.05) is 23.7 Å². The van der Waals surface area contributed by atoms with Crippen LogP contribution in [0.5, 0.6) is 0 Å². The van der Waals surface area contributed by atoms with Gasteiger partial charge in [0.15, 0.2) is 0 Å². The monoisotopic (exact) mass is 450 g/mol. The van der Waals surface area contributed by atoms with Crippen molar-refractivity contribution in [3.8, 4) is 0 Å². The predicted octanol–water partition coefficient (Wildman–Crippen LogP) is 1.95. The van der Waals surface area contributed by atoms with Gasteiger partial charge in [0.2, 0.25) is 0 Å². The van der Waals surface area contributed by atoms with Crippen molar-refractivity contribution < 1.29 is 23.9 Å². The molecule has 3 unspecified atom stereocenters. The quantitative estimate of drug-likeness (QED) is 0.469. The Hall–Kier alpha value is -2.62. The third-order valence-electron chi connectivity index (χ3n) is 5.46. The Morgan fingerprint density at radius 2 is 1.71 bits per heavy atom. The first kappa shape index (κ1) is 23.1. The number of hydrazine groups is 1. The summed E-state index contributed by atoms with van der Waals surface area (Å²) in [6.07, 6.45) is 0.206. The van der Waals surface area contributed by atoms with Crippen LogP contribution in [0.25, 0.3) is 0 Å². The SMILES string of the molecule is CCOC(=O)C1=C(COC(=O)CC2C(C)NNC2C)NC(=O)NC1c1ccc(Cl)cc1. The lowest BCUT2D eigenvalue weighted by molar-refractivity contribution is -0.144. The van der Waals surface area contributed by atoms with Crippen molar-refractivity contribution in [1.29, 1.82) is 0 Å². The molecule has 0 aliphatic carbocycles. The maximum atomic E-state index is 12.7. The van der Waals surface area contributed by atoms with E-state index in [1.807, 2.05) is 13.8 Å². The van der Waals surface area contributed by atoms with E-state index in [9.17, 15) is 14.4 Å². The fourth-order valence-electron chi connectivity index (χ4n) is 3.75. The molecule has 1 fully saturated rings. The van der Waals surface area contributed by atoms with Crippen molar-refractivity contribution in [3.05, 3.63) is 46.1 Å². The molecule has 3 atom stereocenters. The summed E-state index contributed by atoms with van der Waals surface area (Å²) in [6.45, 7) is 5.57. The van der Waals surface area contributed by atoms with Gasteiger partial charge in [-0.2, -0.15) is 0 Å². The largest absolute Gasteiger partial charge is 0.463 e. The van der Waals surface area contributed by atoms with Crippen molar-refractivity contribution in [3.63, 3.8) is 0 Å². The van der Waals surface area contributed by atoms with Gasteiger partial charge in [0.25, 0.3) is 0 Å². The molecule has 1 aromatic rings. The van der Waals surface area contributed by atoms with E-state index in [0.29, 0.717) is 10.6 Å². The Morgan fingerprint density at radius 1 is 1.06 bits per heavy atom. The number of hydrogen-bond acceptors (Lipinski definition) is 7. The highest BCUT2D eigenvalue weighted by molar-refractivity contribution is 6.30. The number of benzene rings is 1. The van der Waals surface area contributed by atoms with E-state index < -0.39 is 24.0 Å². The van der Waals surface area contributed by atoms with Gasteiger partial charge in [0, 0.05) is 23.0 Å². The fraction of sp³-hybridized carbons (Fsp3) is 0.476. The average Bonchev–Trinajstić information content (AvgIpc) is 3.04. The molecule has 0 bridgehead atoms. The fourth-order valence-corrected chi connectivity index (χ4v) is 3.88. The zero-order valence-corrected chi connectivity index (χ0v) is 18.4. The van der Waals surface area contributed by atoms with Crippen LogP contribution >= 0.6 is 11.6 Å². The van der Waals surface area contributed by atoms with E-state index >= 15 is 0 Å². The summed E-state index contributed by atoms with van der Waals surface area (Å²) in [6, 6.07) is 5.72. The first-order valence-electron chi connectivity index (χ1n) is 10.2. The summed E-state index contributed by atoms with van der Waals surface area (Å²) >= 11 is 5.96. The second-order valence-electron chi connectivity index (χ2n) is 7.59. The average molecular weight is 451 g/mol. The van der Waals surface area contributed by atoms with E-state index in [-0.39, 0.29) is 48.9 Å². The maximum Gasteiger partial charge on any atom is 0.338 e. The number of ether oxygens (including phenoxy) is 2. The van der Waals surface area contributed by atoms with Crippen LogP contribution in [-0.4, -0.2) is 43.3 Å². The minimum atomic E-state index is -0.762. The predicted molar refractivity (Wildman–Crippen MR) is 114 cm³/mol. The first-order valence-corrected chi connectivity index (χ1v) is 10.6. The lowest BCUT2D eigenvalue weighted by Gasteiger charge is -2.29. The molecule has 10 heteroatoms. The van der Waals surface area contributed by atoms with Gasteiger partial charge in [-0.15, -0.1) is 0 Å². The Morgan fingerprint density at radius 3 is 2.32 bits per heavy atom. The molecule has 2 heterocycles. The molecule has 1 aromatic carbocycles. The number of hydrogen-bond donors (Lipinski definition) is 4. The van der Waals surface area contributed by atoms with Crippen molar-refractivity contribution in [2.45, 2.75) is 45.3 Å². The molecule has 0 radical (unpaired) electrons. The normalized spacial score (nSPS) is 25.6. The van der Waals surface area contributed by atoms with Crippen LogP contribution in [0.3, 0.4) is 0 Å².